The Morgan fingerprint density at radius 2 is 1.70 bits per heavy atom. The van der Waals surface area contributed by atoms with Crippen molar-refractivity contribution < 1.29 is 4.79 Å². The summed E-state index contributed by atoms with van der Waals surface area (Å²) in [6, 6.07) is 15.6. The van der Waals surface area contributed by atoms with Crippen LogP contribution in [0.5, 0.6) is 0 Å². The average molecular weight is 265 g/mol. The van der Waals surface area contributed by atoms with Gasteiger partial charge in [0, 0.05) is 16.9 Å². The van der Waals surface area contributed by atoms with Gasteiger partial charge < -0.3 is 5.32 Å². The molecule has 0 radical (unpaired) electrons. The summed E-state index contributed by atoms with van der Waals surface area (Å²) in [6.07, 6.45) is 0.303. The summed E-state index contributed by atoms with van der Waals surface area (Å²) >= 11 is 0. The van der Waals surface area contributed by atoms with E-state index in [2.05, 4.69) is 11.9 Å². The van der Waals surface area contributed by atoms with Crippen molar-refractivity contribution in [3.8, 4) is 0 Å². The zero-order valence-corrected chi connectivity index (χ0v) is 11.9. The Balaban J connectivity index is 2.00. The molecule has 102 valence electrons. The maximum absolute atomic E-state index is 12.1. The Bertz CT molecular complexity index is 626. The molecule has 0 heterocycles. The Hall–Kier alpha value is -2.35. The van der Waals surface area contributed by atoms with Crippen molar-refractivity contribution in [2.24, 2.45) is 0 Å². The second kappa shape index (κ2) is 6.20. The van der Waals surface area contributed by atoms with Crippen molar-refractivity contribution in [3.05, 3.63) is 77.5 Å². The molecular formula is C18H19NO. The third-order valence-corrected chi connectivity index (χ3v) is 3.20. The maximum atomic E-state index is 12.1. The van der Waals surface area contributed by atoms with E-state index in [9.17, 15) is 4.79 Å². The van der Waals surface area contributed by atoms with E-state index in [1.165, 1.54) is 0 Å². The van der Waals surface area contributed by atoms with Gasteiger partial charge in [0.2, 0.25) is 0 Å². The summed E-state index contributed by atoms with van der Waals surface area (Å²) < 4.78 is 0. The fourth-order valence-corrected chi connectivity index (χ4v) is 1.98. The highest BCUT2D eigenvalue weighted by Crippen LogP contribution is 2.17. The molecule has 0 saturated heterocycles. The van der Waals surface area contributed by atoms with Crippen LogP contribution in [0.15, 0.2) is 60.8 Å². The van der Waals surface area contributed by atoms with Gasteiger partial charge >= 0.3 is 0 Å². The van der Waals surface area contributed by atoms with Crippen LogP contribution < -0.4 is 5.32 Å². The number of anilines is 1. The standard InChI is InChI=1S/C18H19NO/c1-13-8-10-16(11-9-13)18(20)12-15(3)19-17-7-5-4-6-14(17)2/h4-11,19H,3,12H2,1-2H3. The van der Waals surface area contributed by atoms with Crippen LogP contribution in [0, 0.1) is 13.8 Å². The van der Waals surface area contributed by atoms with Gasteiger partial charge in [0.25, 0.3) is 0 Å². The van der Waals surface area contributed by atoms with E-state index in [0.717, 1.165) is 22.4 Å². The number of Topliss-reactive ketones (excluding diaryl/α,β-unsaturated/α-hetero) is 1. The molecule has 0 aliphatic heterocycles. The van der Waals surface area contributed by atoms with Crippen molar-refractivity contribution in [3.63, 3.8) is 0 Å². The fraction of sp³-hybridized carbons (Fsp3) is 0.167. The van der Waals surface area contributed by atoms with Crippen LogP contribution in [0.4, 0.5) is 5.69 Å². The molecule has 2 heteroatoms. The molecule has 0 saturated carbocycles. The third-order valence-electron chi connectivity index (χ3n) is 3.20. The van der Waals surface area contributed by atoms with Gasteiger partial charge in [-0.3, -0.25) is 4.79 Å². The molecular weight excluding hydrogens is 246 g/mol. The van der Waals surface area contributed by atoms with E-state index in [-0.39, 0.29) is 5.78 Å². The Morgan fingerprint density at radius 1 is 1.05 bits per heavy atom. The van der Waals surface area contributed by atoms with E-state index >= 15 is 0 Å². The molecule has 0 aliphatic carbocycles. The minimum atomic E-state index is 0.0797. The van der Waals surface area contributed by atoms with E-state index in [0.29, 0.717) is 12.1 Å². The first kappa shape index (κ1) is 14.1. The monoisotopic (exact) mass is 265 g/mol. The van der Waals surface area contributed by atoms with Gasteiger partial charge in [-0.1, -0.05) is 54.6 Å². The van der Waals surface area contributed by atoms with E-state index in [1.54, 1.807) is 0 Å². The number of carbonyl (C=O) groups is 1. The minimum absolute atomic E-state index is 0.0797. The number of hydrogen-bond acceptors (Lipinski definition) is 2. The maximum Gasteiger partial charge on any atom is 0.168 e. The lowest BCUT2D eigenvalue weighted by Gasteiger charge is -2.11. The molecule has 2 nitrogen and oxygen atoms in total. The molecule has 0 unspecified atom stereocenters. The van der Waals surface area contributed by atoms with Crippen molar-refractivity contribution in [1.29, 1.82) is 0 Å². The highest BCUT2D eigenvalue weighted by atomic mass is 16.1. The third kappa shape index (κ3) is 3.58. The molecule has 2 rings (SSSR count). The van der Waals surface area contributed by atoms with Gasteiger partial charge in [-0.05, 0) is 25.5 Å². The second-order valence-corrected chi connectivity index (χ2v) is 5.01. The van der Waals surface area contributed by atoms with Gasteiger partial charge in [0.1, 0.15) is 0 Å². The average Bonchev–Trinajstić information content (AvgIpc) is 2.42. The first-order chi connectivity index (χ1) is 9.56. The number of aryl methyl sites for hydroxylation is 2. The number of hydrogen-bond donors (Lipinski definition) is 1. The molecule has 1 N–H and O–H groups in total. The van der Waals surface area contributed by atoms with Crippen LogP contribution in [0.2, 0.25) is 0 Å². The fourth-order valence-electron chi connectivity index (χ4n) is 1.98. The zero-order valence-electron chi connectivity index (χ0n) is 11.9. The van der Waals surface area contributed by atoms with Gasteiger partial charge in [0.15, 0.2) is 5.78 Å². The second-order valence-electron chi connectivity index (χ2n) is 5.01. The summed E-state index contributed by atoms with van der Waals surface area (Å²) in [5, 5.41) is 3.21. The molecule has 0 amide bonds. The SMILES string of the molecule is C=C(CC(=O)c1ccc(C)cc1)Nc1ccccc1C. The lowest BCUT2D eigenvalue weighted by molar-refractivity contribution is 0.0993. The number of carbonyl (C=O) groups excluding carboxylic acids is 1. The Labute approximate surface area is 120 Å². The van der Waals surface area contributed by atoms with Gasteiger partial charge in [-0.25, -0.2) is 0 Å². The molecule has 2 aromatic rings. The molecule has 0 spiro atoms. The summed E-state index contributed by atoms with van der Waals surface area (Å²) in [5.41, 5.74) is 4.72. The molecule has 0 aliphatic rings. The highest BCUT2D eigenvalue weighted by molar-refractivity contribution is 5.97. The first-order valence-electron chi connectivity index (χ1n) is 6.66. The van der Waals surface area contributed by atoms with Crippen molar-refractivity contribution in [1.82, 2.24) is 0 Å². The van der Waals surface area contributed by atoms with E-state index in [1.807, 2.05) is 62.4 Å². The van der Waals surface area contributed by atoms with Gasteiger partial charge in [0.05, 0.1) is 6.42 Å². The zero-order chi connectivity index (χ0) is 14.5. The smallest absolute Gasteiger partial charge is 0.168 e. The molecule has 2 aromatic carbocycles. The van der Waals surface area contributed by atoms with E-state index in [4.69, 9.17) is 0 Å². The van der Waals surface area contributed by atoms with E-state index < -0.39 is 0 Å². The number of benzene rings is 2. The Morgan fingerprint density at radius 3 is 2.35 bits per heavy atom. The summed E-state index contributed by atoms with van der Waals surface area (Å²) in [5.74, 6) is 0.0797. The van der Waals surface area contributed by atoms with Crippen LogP contribution in [-0.4, -0.2) is 5.78 Å². The lowest BCUT2D eigenvalue weighted by Crippen LogP contribution is -2.07. The highest BCUT2D eigenvalue weighted by Gasteiger charge is 2.08. The predicted octanol–water partition coefficient (Wildman–Crippen LogP) is 4.50. The predicted molar refractivity (Wildman–Crippen MR) is 84.1 cm³/mol. The molecule has 0 fully saturated rings. The number of para-hydroxylation sites is 1. The number of nitrogens with one attached hydrogen (secondary N) is 1. The quantitative estimate of drug-likeness (QED) is 0.806. The largest absolute Gasteiger partial charge is 0.359 e. The number of rotatable bonds is 5. The summed E-state index contributed by atoms with van der Waals surface area (Å²) in [4.78, 5) is 12.1. The Kier molecular flexibility index (Phi) is 4.36. The van der Waals surface area contributed by atoms with Crippen LogP contribution in [0.3, 0.4) is 0 Å². The van der Waals surface area contributed by atoms with Crippen LogP contribution in [0.1, 0.15) is 27.9 Å². The summed E-state index contributed by atoms with van der Waals surface area (Å²) in [6.45, 7) is 7.97. The number of allylic oxidation sites excluding steroid dienone is 1. The molecule has 0 atom stereocenters. The molecule has 0 bridgehead atoms. The van der Waals surface area contributed by atoms with Crippen molar-refractivity contribution >= 4 is 11.5 Å². The number of ketones is 1. The first-order valence-corrected chi connectivity index (χ1v) is 6.66. The minimum Gasteiger partial charge on any atom is -0.359 e. The summed E-state index contributed by atoms with van der Waals surface area (Å²) in [7, 11) is 0. The van der Waals surface area contributed by atoms with Crippen LogP contribution >= 0.6 is 0 Å². The van der Waals surface area contributed by atoms with Gasteiger partial charge in [-0.2, -0.15) is 0 Å². The molecule has 20 heavy (non-hydrogen) atoms. The van der Waals surface area contributed by atoms with Crippen molar-refractivity contribution in [2.45, 2.75) is 20.3 Å². The van der Waals surface area contributed by atoms with Gasteiger partial charge in [-0.15, -0.1) is 0 Å². The van der Waals surface area contributed by atoms with Crippen LogP contribution in [-0.2, 0) is 0 Å². The topological polar surface area (TPSA) is 29.1 Å². The lowest BCUT2D eigenvalue weighted by atomic mass is 10.1. The van der Waals surface area contributed by atoms with Crippen LogP contribution in [0.25, 0.3) is 0 Å². The normalized spacial score (nSPS) is 10.1. The van der Waals surface area contributed by atoms with Crippen molar-refractivity contribution in [2.75, 3.05) is 5.32 Å². The molecule has 0 aromatic heterocycles.